The summed E-state index contributed by atoms with van der Waals surface area (Å²) in [5.41, 5.74) is 7.42. The van der Waals surface area contributed by atoms with Crippen molar-refractivity contribution >= 4 is 22.9 Å². The Morgan fingerprint density at radius 3 is 3.00 bits per heavy atom. The Bertz CT molecular complexity index is 473. The van der Waals surface area contributed by atoms with E-state index in [0.29, 0.717) is 11.3 Å². The molecule has 0 radical (unpaired) electrons. The maximum atomic E-state index is 10.6. The van der Waals surface area contributed by atoms with Crippen LogP contribution in [0.1, 0.15) is 10.4 Å². The first-order valence-electron chi connectivity index (χ1n) is 3.89. The van der Waals surface area contributed by atoms with Gasteiger partial charge in [-0.1, -0.05) is 0 Å². The zero-order valence-electron chi connectivity index (χ0n) is 7.19. The van der Waals surface area contributed by atoms with E-state index in [-0.39, 0.29) is 0 Å². The summed E-state index contributed by atoms with van der Waals surface area (Å²) in [7, 11) is 1.83. The number of rotatable bonds is 1. The molecule has 4 heteroatoms. The van der Waals surface area contributed by atoms with E-state index >= 15 is 0 Å². The SMILES string of the molecule is Cn1cc2cc(C=O)c(N)cc2n1. The number of hydrogen-bond donors (Lipinski definition) is 1. The predicted molar refractivity (Wildman–Crippen MR) is 50.5 cm³/mol. The van der Waals surface area contributed by atoms with Crippen LogP contribution < -0.4 is 5.73 Å². The van der Waals surface area contributed by atoms with Crippen molar-refractivity contribution in [3.63, 3.8) is 0 Å². The monoisotopic (exact) mass is 175 g/mol. The Labute approximate surface area is 75.0 Å². The molecular formula is C9H9N3O. The number of nitrogens with zero attached hydrogens (tertiary/aromatic N) is 2. The number of nitrogens with two attached hydrogens (primary N) is 1. The molecule has 4 nitrogen and oxygen atoms in total. The average molecular weight is 175 g/mol. The number of benzene rings is 1. The molecule has 0 aliphatic heterocycles. The lowest BCUT2D eigenvalue weighted by atomic mass is 10.1. The molecule has 0 amide bonds. The van der Waals surface area contributed by atoms with E-state index in [2.05, 4.69) is 5.10 Å². The fourth-order valence-electron chi connectivity index (χ4n) is 1.33. The Kier molecular flexibility index (Phi) is 1.55. The van der Waals surface area contributed by atoms with E-state index in [1.165, 1.54) is 0 Å². The van der Waals surface area contributed by atoms with Crippen LogP contribution in [0, 0.1) is 0 Å². The molecule has 1 aromatic heterocycles. The van der Waals surface area contributed by atoms with Crippen LogP contribution in [0.5, 0.6) is 0 Å². The molecule has 0 saturated carbocycles. The quantitative estimate of drug-likeness (QED) is 0.519. The molecule has 0 unspecified atom stereocenters. The second kappa shape index (κ2) is 2.58. The minimum Gasteiger partial charge on any atom is -0.398 e. The molecule has 0 aliphatic carbocycles. The highest BCUT2D eigenvalue weighted by molar-refractivity contribution is 5.93. The maximum Gasteiger partial charge on any atom is 0.152 e. The third-order valence-corrected chi connectivity index (χ3v) is 1.95. The molecule has 0 saturated heterocycles. The fraction of sp³-hybridized carbons (Fsp3) is 0.111. The summed E-state index contributed by atoms with van der Waals surface area (Å²) in [6.45, 7) is 0. The van der Waals surface area contributed by atoms with Crippen LogP contribution in [0.3, 0.4) is 0 Å². The first-order valence-corrected chi connectivity index (χ1v) is 3.89. The van der Waals surface area contributed by atoms with Gasteiger partial charge in [0.25, 0.3) is 0 Å². The van der Waals surface area contributed by atoms with E-state index in [9.17, 15) is 4.79 Å². The van der Waals surface area contributed by atoms with Gasteiger partial charge in [-0.25, -0.2) is 0 Å². The molecule has 2 rings (SSSR count). The molecule has 0 spiro atoms. The number of fused-ring (bicyclic) bond motifs is 1. The highest BCUT2D eigenvalue weighted by atomic mass is 16.1. The lowest BCUT2D eigenvalue weighted by Gasteiger charge is -1.96. The van der Waals surface area contributed by atoms with Gasteiger partial charge in [0.15, 0.2) is 6.29 Å². The number of carbonyl (C=O) groups excluding carboxylic acids is 1. The van der Waals surface area contributed by atoms with E-state index in [1.807, 2.05) is 13.2 Å². The normalized spacial score (nSPS) is 10.5. The Balaban J connectivity index is 2.79. The first-order chi connectivity index (χ1) is 6.20. The number of aromatic nitrogens is 2. The summed E-state index contributed by atoms with van der Waals surface area (Å²) in [4.78, 5) is 10.6. The smallest absolute Gasteiger partial charge is 0.152 e. The van der Waals surface area contributed by atoms with Crippen LogP contribution in [-0.2, 0) is 7.05 Å². The van der Waals surface area contributed by atoms with Gasteiger partial charge in [0.2, 0.25) is 0 Å². The van der Waals surface area contributed by atoms with Gasteiger partial charge in [0, 0.05) is 29.9 Å². The van der Waals surface area contributed by atoms with Crippen molar-refractivity contribution in [2.45, 2.75) is 0 Å². The van der Waals surface area contributed by atoms with Gasteiger partial charge in [-0.05, 0) is 12.1 Å². The fourth-order valence-corrected chi connectivity index (χ4v) is 1.33. The van der Waals surface area contributed by atoms with Gasteiger partial charge in [-0.2, -0.15) is 5.10 Å². The third kappa shape index (κ3) is 1.16. The van der Waals surface area contributed by atoms with Crippen molar-refractivity contribution in [1.29, 1.82) is 0 Å². The second-order valence-electron chi connectivity index (χ2n) is 2.96. The molecule has 2 aromatic rings. The van der Waals surface area contributed by atoms with E-state index in [1.54, 1.807) is 16.8 Å². The van der Waals surface area contributed by atoms with Crippen LogP contribution in [0.15, 0.2) is 18.3 Å². The average Bonchev–Trinajstić information content (AvgIpc) is 2.42. The largest absolute Gasteiger partial charge is 0.398 e. The molecule has 66 valence electrons. The Hall–Kier alpha value is -1.84. The minimum absolute atomic E-state index is 0.473. The van der Waals surface area contributed by atoms with Gasteiger partial charge in [-0.15, -0.1) is 0 Å². The molecule has 2 N–H and O–H groups in total. The zero-order chi connectivity index (χ0) is 9.42. The Morgan fingerprint density at radius 1 is 1.54 bits per heavy atom. The van der Waals surface area contributed by atoms with Gasteiger partial charge in [-0.3, -0.25) is 9.48 Å². The number of nitrogen functional groups attached to an aromatic ring is 1. The highest BCUT2D eigenvalue weighted by Gasteiger charge is 2.03. The highest BCUT2D eigenvalue weighted by Crippen LogP contribution is 2.18. The number of aryl methyl sites for hydroxylation is 1. The topological polar surface area (TPSA) is 60.9 Å². The van der Waals surface area contributed by atoms with Crippen LogP contribution in [0.2, 0.25) is 0 Å². The summed E-state index contributed by atoms with van der Waals surface area (Å²) >= 11 is 0. The predicted octanol–water partition coefficient (Wildman–Crippen LogP) is 0.968. The Morgan fingerprint density at radius 2 is 2.31 bits per heavy atom. The van der Waals surface area contributed by atoms with Crippen molar-refractivity contribution in [3.8, 4) is 0 Å². The van der Waals surface area contributed by atoms with Crippen LogP contribution in [0.25, 0.3) is 10.9 Å². The first kappa shape index (κ1) is 7.79. The van der Waals surface area contributed by atoms with Gasteiger partial charge in [0.05, 0.1) is 5.52 Å². The second-order valence-corrected chi connectivity index (χ2v) is 2.96. The zero-order valence-corrected chi connectivity index (χ0v) is 7.19. The summed E-state index contributed by atoms with van der Waals surface area (Å²) in [5.74, 6) is 0. The number of aldehydes is 1. The molecule has 0 aliphatic rings. The van der Waals surface area contributed by atoms with E-state index in [4.69, 9.17) is 5.73 Å². The summed E-state index contributed by atoms with van der Waals surface area (Å²) in [6.07, 6.45) is 2.60. The van der Waals surface area contributed by atoms with Crippen LogP contribution >= 0.6 is 0 Å². The number of carbonyl (C=O) groups is 1. The molecule has 13 heavy (non-hydrogen) atoms. The molecule has 1 aromatic carbocycles. The molecule has 0 bridgehead atoms. The van der Waals surface area contributed by atoms with E-state index in [0.717, 1.165) is 17.2 Å². The third-order valence-electron chi connectivity index (χ3n) is 1.95. The van der Waals surface area contributed by atoms with Gasteiger partial charge >= 0.3 is 0 Å². The minimum atomic E-state index is 0.473. The lowest BCUT2D eigenvalue weighted by Crippen LogP contribution is -1.92. The molecule has 0 atom stereocenters. The molecule has 1 heterocycles. The summed E-state index contributed by atoms with van der Waals surface area (Å²) < 4.78 is 1.69. The number of hydrogen-bond acceptors (Lipinski definition) is 3. The number of anilines is 1. The van der Waals surface area contributed by atoms with E-state index < -0.39 is 0 Å². The van der Waals surface area contributed by atoms with Crippen molar-refractivity contribution < 1.29 is 4.79 Å². The van der Waals surface area contributed by atoms with Crippen molar-refractivity contribution in [2.75, 3.05) is 5.73 Å². The maximum absolute atomic E-state index is 10.6. The molecular weight excluding hydrogens is 166 g/mol. The molecule has 0 fully saturated rings. The van der Waals surface area contributed by atoms with Crippen molar-refractivity contribution in [1.82, 2.24) is 9.78 Å². The van der Waals surface area contributed by atoms with Crippen LogP contribution in [-0.4, -0.2) is 16.1 Å². The van der Waals surface area contributed by atoms with Gasteiger partial charge in [0.1, 0.15) is 0 Å². The summed E-state index contributed by atoms with van der Waals surface area (Å²) in [6, 6.07) is 3.45. The standard InChI is InChI=1S/C9H9N3O/c1-12-4-6-2-7(5-13)8(10)3-9(6)11-12/h2-5H,10H2,1H3. The van der Waals surface area contributed by atoms with Crippen molar-refractivity contribution in [3.05, 3.63) is 23.9 Å². The van der Waals surface area contributed by atoms with Crippen molar-refractivity contribution in [2.24, 2.45) is 7.05 Å². The lowest BCUT2D eigenvalue weighted by molar-refractivity contribution is 0.112. The summed E-state index contributed by atoms with van der Waals surface area (Å²) in [5, 5.41) is 5.10. The van der Waals surface area contributed by atoms with Gasteiger partial charge < -0.3 is 5.73 Å². The van der Waals surface area contributed by atoms with Crippen LogP contribution in [0.4, 0.5) is 5.69 Å².